The highest BCUT2D eigenvalue weighted by molar-refractivity contribution is 7.99. The monoisotopic (exact) mass is 360 g/mol. The van der Waals surface area contributed by atoms with Crippen LogP contribution in [0.2, 0.25) is 0 Å². The summed E-state index contributed by atoms with van der Waals surface area (Å²) in [6, 6.07) is 7.65. The van der Waals surface area contributed by atoms with Crippen LogP contribution in [0.1, 0.15) is 37.1 Å². The van der Waals surface area contributed by atoms with E-state index in [1.165, 1.54) is 37.4 Å². The molecule has 1 fully saturated rings. The number of methoxy groups -OCH3 is 1. The zero-order chi connectivity index (χ0) is 17.5. The molecule has 0 radical (unpaired) electrons. The summed E-state index contributed by atoms with van der Waals surface area (Å²) < 4.78 is 5.12. The number of ether oxygens (including phenoxy) is 1. The zero-order valence-corrected chi connectivity index (χ0v) is 15.3. The summed E-state index contributed by atoms with van der Waals surface area (Å²) in [4.78, 5) is 16.5. The van der Waals surface area contributed by atoms with Crippen molar-refractivity contribution in [3.63, 3.8) is 0 Å². The lowest BCUT2D eigenvalue weighted by Gasteiger charge is -2.05. The van der Waals surface area contributed by atoms with E-state index in [0.29, 0.717) is 17.5 Å². The van der Waals surface area contributed by atoms with E-state index in [4.69, 9.17) is 4.74 Å². The van der Waals surface area contributed by atoms with Gasteiger partial charge in [-0.15, -0.1) is 5.10 Å². The van der Waals surface area contributed by atoms with Gasteiger partial charge >= 0.3 is 0 Å². The topological polar surface area (TPSA) is 79.9 Å². The van der Waals surface area contributed by atoms with Crippen LogP contribution in [-0.2, 0) is 17.8 Å². The molecule has 7 heteroatoms. The third kappa shape index (κ3) is 5.49. The number of nitrogens with zero attached hydrogens (tertiary/aromatic N) is 2. The zero-order valence-electron chi connectivity index (χ0n) is 14.5. The van der Waals surface area contributed by atoms with Crippen molar-refractivity contribution in [2.45, 2.75) is 43.8 Å². The molecule has 0 spiro atoms. The summed E-state index contributed by atoms with van der Waals surface area (Å²) >= 11 is 1.36. The Morgan fingerprint density at radius 3 is 2.80 bits per heavy atom. The average molecular weight is 360 g/mol. The Labute approximate surface area is 152 Å². The molecule has 2 aromatic rings. The van der Waals surface area contributed by atoms with Gasteiger partial charge in [0.1, 0.15) is 11.6 Å². The second kappa shape index (κ2) is 8.89. The third-order valence-electron chi connectivity index (χ3n) is 4.45. The van der Waals surface area contributed by atoms with Gasteiger partial charge in [0.05, 0.1) is 12.9 Å². The van der Waals surface area contributed by atoms with E-state index >= 15 is 0 Å². The van der Waals surface area contributed by atoms with Gasteiger partial charge in [-0.1, -0.05) is 49.6 Å². The predicted molar refractivity (Wildman–Crippen MR) is 97.6 cm³/mol. The quantitative estimate of drug-likeness (QED) is 0.708. The number of amides is 1. The fourth-order valence-electron chi connectivity index (χ4n) is 3.05. The fraction of sp³-hybridized carbons (Fsp3) is 0.500. The van der Waals surface area contributed by atoms with Crippen molar-refractivity contribution in [3.05, 3.63) is 35.7 Å². The van der Waals surface area contributed by atoms with Crippen LogP contribution in [0.15, 0.2) is 29.4 Å². The van der Waals surface area contributed by atoms with Crippen LogP contribution in [0.25, 0.3) is 0 Å². The summed E-state index contributed by atoms with van der Waals surface area (Å²) in [5.41, 5.74) is 1.04. The van der Waals surface area contributed by atoms with Crippen LogP contribution in [0.3, 0.4) is 0 Å². The molecule has 0 atom stereocenters. The van der Waals surface area contributed by atoms with E-state index in [2.05, 4.69) is 20.5 Å². The van der Waals surface area contributed by atoms with Crippen LogP contribution in [0.5, 0.6) is 5.75 Å². The Kier molecular flexibility index (Phi) is 6.33. The van der Waals surface area contributed by atoms with Crippen LogP contribution >= 0.6 is 11.8 Å². The van der Waals surface area contributed by atoms with Gasteiger partial charge in [-0.2, -0.15) is 0 Å². The molecular formula is C18H24N4O2S. The molecule has 0 unspecified atom stereocenters. The first kappa shape index (κ1) is 17.8. The van der Waals surface area contributed by atoms with Crippen molar-refractivity contribution in [1.29, 1.82) is 0 Å². The lowest BCUT2D eigenvalue weighted by atomic mass is 10.0. The maximum atomic E-state index is 12.0. The largest absolute Gasteiger partial charge is 0.497 e. The molecule has 0 aliphatic heterocycles. The Morgan fingerprint density at radius 1 is 1.32 bits per heavy atom. The van der Waals surface area contributed by atoms with E-state index in [-0.39, 0.29) is 5.91 Å². The first-order chi connectivity index (χ1) is 12.2. The van der Waals surface area contributed by atoms with Crippen LogP contribution in [0.4, 0.5) is 0 Å². The summed E-state index contributed by atoms with van der Waals surface area (Å²) in [7, 11) is 1.64. The molecule has 1 saturated carbocycles. The molecule has 1 aromatic heterocycles. The third-order valence-corrected chi connectivity index (χ3v) is 5.30. The number of nitrogens with one attached hydrogen (secondary N) is 2. The summed E-state index contributed by atoms with van der Waals surface area (Å²) in [5, 5.41) is 10.8. The molecule has 1 amide bonds. The maximum Gasteiger partial charge on any atom is 0.230 e. The number of carbonyl (C=O) groups excluding carboxylic acids is 1. The van der Waals surface area contributed by atoms with Gasteiger partial charge in [-0.25, -0.2) is 4.98 Å². The molecule has 1 heterocycles. The van der Waals surface area contributed by atoms with Gasteiger partial charge in [0.15, 0.2) is 0 Å². The lowest BCUT2D eigenvalue weighted by molar-refractivity contribution is -0.118. The molecular weight excluding hydrogens is 336 g/mol. The van der Waals surface area contributed by atoms with Crippen LogP contribution in [-0.4, -0.2) is 34.0 Å². The van der Waals surface area contributed by atoms with Crippen molar-refractivity contribution in [2.75, 3.05) is 12.9 Å². The van der Waals surface area contributed by atoms with E-state index in [0.717, 1.165) is 29.5 Å². The van der Waals surface area contributed by atoms with Gasteiger partial charge in [0.25, 0.3) is 0 Å². The van der Waals surface area contributed by atoms with Crippen molar-refractivity contribution in [1.82, 2.24) is 20.5 Å². The van der Waals surface area contributed by atoms with Crippen molar-refractivity contribution < 1.29 is 9.53 Å². The average Bonchev–Trinajstić information content (AvgIpc) is 3.31. The minimum absolute atomic E-state index is 0.0250. The maximum absolute atomic E-state index is 12.0. The molecule has 0 saturated heterocycles. The van der Waals surface area contributed by atoms with Crippen molar-refractivity contribution >= 4 is 17.7 Å². The van der Waals surface area contributed by atoms with E-state index in [1.54, 1.807) is 7.11 Å². The minimum Gasteiger partial charge on any atom is -0.497 e. The number of hydrogen-bond acceptors (Lipinski definition) is 5. The number of aromatic nitrogens is 3. The van der Waals surface area contributed by atoms with Crippen LogP contribution < -0.4 is 10.1 Å². The number of aromatic amines is 1. The second-order valence-electron chi connectivity index (χ2n) is 6.33. The first-order valence-electron chi connectivity index (χ1n) is 8.66. The molecule has 1 aliphatic rings. The highest BCUT2D eigenvalue weighted by atomic mass is 32.2. The van der Waals surface area contributed by atoms with Gasteiger partial charge in [-0.05, 0) is 23.6 Å². The second-order valence-corrected chi connectivity index (χ2v) is 7.28. The number of thioether (sulfide) groups is 1. The van der Waals surface area contributed by atoms with Gasteiger partial charge in [-0.3, -0.25) is 9.89 Å². The molecule has 6 nitrogen and oxygen atoms in total. The standard InChI is InChI=1S/C18H24N4O2S/c1-24-15-8-6-14(7-9-15)11-19-17(23)12-25-18-20-16(21-22-18)10-13-4-2-3-5-13/h6-9,13H,2-5,10-12H2,1H3,(H,19,23)(H,20,21,22). The van der Waals surface area contributed by atoms with Crippen LogP contribution in [0, 0.1) is 5.92 Å². The highest BCUT2D eigenvalue weighted by Gasteiger charge is 2.17. The summed E-state index contributed by atoms with van der Waals surface area (Å²) in [5.74, 6) is 2.77. The normalized spacial score (nSPS) is 14.6. The number of rotatable bonds is 8. The Hall–Kier alpha value is -2.02. The fourth-order valence-corrected chi connectivity index (χ4v) is 3.69. The smallest absolute Gasteiger partial charge is 0.230 e. The molecule has 0 bridgehead atoms. The number of carbonyl (C=O) groups is 1. The Balaban J connectivity index is 1.38. The van der Waals surface area contributed by atoms with E-state index < -0.39 is 0 Å². The van der Waals surface area contributed by atoms with E-state index in [1.807, 2.05) is 24.3 Å². The first-order valence-corrected chi connectivity index (χ1v) is 9.65. The van der Waals surface area contributed by atoms with Gasteiger partial charge in [0, 0.05) is 13.0 Å². The molecule has 25 heavy (non-hydrogen) atoms. The predicted octanol–water partition coefficient (Wildman–Crippen LogP) is 2.95. The number of H-pyrrole nitrogens is 1. The Bertz CT molecular complexity index is 681. The molecule has 134 valence electrons. The van der Waals surface area contributed by atoms with Crippen molar-refractivity contribution in [2.24, 2.45) is 5.92 Å². The number of benzene rings is 1. The molecule has 1 aliphatic carbocycles. The van der Waals surface area contributed by atoms with E-state index in [9.17, 15) is 4.79 Å². The summed E-state index contributed by atoms with van der Waals surface area (Å²) in [6.45, 7) is 0.504. The minimum atomic E-state index is -0.0250. The molecule has 2 N–H and O–H groups in total. The summed E-state index contributed by atoms with van der Waals surface area (Å²) in [6.07, 6.45) is 6.20. The highest BCUT2D eigenvalue weighted by Crippen LogP contribution is 2.27. The van der Waals surface area contributed by atoms with Crippen molar-refractivity contribution in [3.8, 4) is 5.75 Å². The van der Waals surface area contributed by atoms with Gasteiger partial charge < -0.3 is 10.1 Å². The lowest BCUT2D eigenvalue weighted by Crippen LogP contribution is -2.24. The number of hydrogen-bond donors (Lipinski definition) is 2. The SMILES string of the molecule is COc1ccc(CNC(=O)CSc2n[nH]c(CC3CCCC3)n2)cc1. The molecule has 1 aromatic carbocycles. The Morgan fingerprint density at radius 2 is 2.08 bits per heavy atom. The molecule has 3 rings (SSSR count). The van der Waals surface area contributed by atoms with Gasteiger partial charge in [0.2, 0.25) is 11.1 Å².